The van der Waals surface area contributed by atoms with E-state index in [2.05, 4.69) is 10.0 Å². The van der Waals surface area contributed by atoms with Crippen LogP contribution in [0, 0.1) is 0 Å². The highest BCUT2D eigenvalue weighted by atomic mass is 32.2. The molecule has 3 aromatic carbocycles. The zero-order valence-electron chi connectivity index (χ0n) is 16.0. The third kappa shape index (κ3) is 4.12. The molecule has 0 saturated carbocycles. The summed E-state index contributed by atoms with van der Waals surface area (Å²) in [6.07, 6.45) is 0. The molecule has 0 bridgehead atoms. The van der Waals surface area contributed by atoms with Crippen molar-refractivity contribution in [1.29, 1.82) is 0 Å². The van der Waals surface area contributed by atoms with Crippen molar-refractivity contribution in [2.24, 2.45) is 5.73 Å². The Labute approximate surface area is 177 Å². The molecule has 31 heavy (non-hydrogen) atoms. The van der Waals surface area contributed by atoms with Crippen molar-refractivity contribution in [3.05, 3.63) is 90.2 Å². The fourth-order valence-electron chi connectivity index (χ4n) is 3.07. The van der Waals surface area contributed by atoms with Gasteiger partial charge in [-0.2, -0.15) is 0 Å². The molecule has 8 nitrogen and oxygen atoms in total. The number of nitrogens with two attached hydrogens (primary N) is 1. The first-order valence-corrected chi connectivity index (χ1v) is 10.6. The van der Waals surface area contributed by atoms with Crippen molar-refractivity contribution >= 4 is 44.2 Å². The van der Waals surface area contributed by atoms with Gasteiger partial charge in [0.1, 0.15) is 11.3 Å². The van der Waals surface area contributed by atoms with E-state index in [1.807, 2.05) is 0 Å². The van der Waals surface area contributed by atoms with Gasteiger partial charge in [-0.15, -0.1) is 0 Å². The summed E-state index contributed by atoms with van der Waals surface area (Å²) in [4.78, 5) is 24.7. The molecule has 4 rings (SSSR count). The summed E-state index contributed by atoms with van der Waals surface area (Å²) >= 11 is 0. The van der Waals surface area contributed by atoms with Gasteiger partial charge in [0.25, 0.3) is 21.8 Å². The van der Waals surface area contributed by atoms with Crippen molar-refractivity contribution in [1.82, 2.24) is 0 Å². The third-order valence-electron chi connectivity index (χ3n) is 4.49. The van der Waals surface area contributed by atoms with Crippen molar-refractivity contribution in [3.63, 3.8) is 0 Å². The van der Waals surface area contributed by atoms with Gasteiger partial charge in [-0.3, -0.25) is 14.3 Å². The maximum atomic E-state index is 12.8. The first-order valence-electron chi connectivity index (χ1n) is 9.16. The molecule has 9 heteroatoms. The van der Waals surface area contributed by atoms with Crippen LogP contribution in [0.3, 0.4) is 0 Å². The number of hydrogen-bond donors (Lipinski definition) is 3. The molecule has 156 valence electrons. The highest BCUT2D eigenvalue weighted by molar-refractivity contribution is 7.92. The fraction of sp³-hybridized carbons (Fsp3) is 0. The topological polar surface area (TPSA) is 132 Å². The van der Waals surface area contributed by atoms with E-state index in [1.54, 1.807) is 48.5 Å². The van der Waals surface area contributed by atoms with E-state index < -0.39 is 21.8 Å². The Kier molecular flexibility index (Phi) is 5.18. The van der Waals surface area contributed by atoms with E-state index in [9.17, 15) is 18.0 Å². The van der Waals surface area contributed by atoms with Gasteiger partial charge in [0, 0.05) is 16.6 Å². The monoisotopic (exact) mass is 435 g/mol. The van der Waals surface area contributed by atoms with Crippen LogP contribution in [0.25, 0.3) is 11.0 Å². The van der Waals surface area contributed by atoms with Gasteiger partial charge in [-0.25, -0.2) is 8.42 Å². The number of furan rings is 1. The number of sulfonamides is 1. The highest BCUT2D eigenvalue weighted by Gasteiger charge is 2.21. The molecule has 4 N–H and O–H groups in total. The van der Waals surface area contributed by atoms with Crippen molar-refractivity contribution < 1.29 is 22.4 Å². The second-order valence-electron chi connectivity index (χ2n) is 6.62. The number of primary amides is 1. The number of amides is 2. The van der Waals surface area contributed by atoms with Gasteiger partial charge >= 0.3 is 0 Å². The Balaban J connectivity index is 1.62. The average molecular weight is 435 g/mol. The lowest BCUT2D eigenvalue weighted by Gasteiger charge is -2.10. The molecule has 2 amide bonds. The van der Waals surface area contributed by atoms with Crippen LogP contribution in [-0.2, 0) is 10.0 Å². The van der Waals surface area contributed by atoms with Gasteiger partial charge < -0.3 is 15.5 Å². The Morgan fingerprint density at radius 1 is 0.871 bits per heavy atom. The molecule has 0 fully saturated rings. The Morgan fingerprint density at radius 3 is 2.32 bits per heavy atom. The average Bonchev–Trinajstić information content (AvgIpc) is 3.13. The number of nitrogens with one attached hydrogen (secondary N) is 2. The number of hydrogen-bond acceptors (Lipinski definition) is 5. The maximum absolute atomic E-state index is 12.8. The van der Waals surface area contributed by atoms with Crippen LogP contribution < -0.4 is 15.8 Å². The van der Waals surface area contributed by atoms with E-state index >= 15 is 0 Å². The van der Waals surface area contributed by atoms with Crippen molar-refractivity contribution in [2.75, 3.05) is 10.0 Å². The van der Waals surface area contributed by atoms with Crippen LogP contribution >= 0.6 is 0 Å². The standard InChI is InChI=1S/C22H17N3O5S/c23-21(26)20-19(17-11-4-5-12-18(17)30-20)24-22(27)14-7-6-8-15(13-14)25-31(28,29)16-9-2-1-3-10-16/h1-13,25H,(H2,23,26)(H,24,27). The van der Waals surface area contributed by atoms with Crippen LogP contribution in [0.4, 0.5) is 11.4 Å². The van der Waals surface area contributed by atoms with E-state index in [0.29, 0.717) is 11.0 Å². The van der Waals surface area contributed by atoms with Crippen LogP contribution in [0.2, 0.25) is 0 Å². The molecule has 0 saturated heterocycles. The lowest BCUT2D eigenvalue weighted by Crippen LogP contribution is -2.17. The third-order valence-corrected chi connectivity index (χ3v) is 5.89. The van der Waals surface area contributed by atoms with E-state index in [0.717, 1.165) is 0 Å². The molecule has 1 aromatic heterocycles. The number of carbonyl (C=O) groups excluding carboxylic acids is 2. The first-order chi connectivity index (χ1) is 14.8. The zero-order chi connectivity index (χ0) is 22.0. The quantitative estimate of drug-likeness (QED) is 0.426. The van der Waals surface area contributed by atoms with E-state index in [1.165, 1.54) is 30.3 Å². The first kappa shape index (κ1) is 20.2. The van der Waals surface area contributed by atoms with Gasteiger partial charge in [0.05, 0.1) is 4.90 Å². The van der Waals surface area contributed by atoms with Gasteiger partial charge in [-0.1, -0.05) is 36.4 Å². The summed E-state index contributed by atoms with van der Waals surface area (Å²) in [5, 5.41) is 3.16. The summed E-state index contributed by atoms with van der Waals surface area (Å²) in [5.74, 6) is -1.55. The normalized spacial score (nSPS) is 11.2. The van der Waals surface area contributed by atoms with Gasteiger partial charge in [0.15, 0.2) is 0 Å². The molecule has 0 spiro atoms. The van der Waals surface area contributed by atoms with Gasteiger partial charge in [-0.05, 0) is 42.5 Å². The molecule has 4 aromatic rings. The fourth-order valence-corrected chi connectivity index (χ4v) is 4.14. The molecule has 0 radical (unpaired) electrons. The summed E-state index contributed by atoms with van der Waals surface area (Å²) < 4.78 is 33.0. The van der Waals surface area contributed by atoms with E-state index in [4.69, 9.17) is 10.2 Å². The minimum Gasteiger partial charge on any atom is -0.449 e. The zero-order valence-corrected chi connectivity index (χ0v) is 16.8. The number of para-hydroxylation sites is 1. The predicted octanol–water partition coefficient (Wildman–Crippen LogP) is 3.58. The van der Waals surface area contributed by atoms with Gasteiger partial charge in [0.2, 0.25) is 5.76 Å². The molecule has 0 atom stereocenters. The number of fused-ring (bicyclic) bond motifs is 1. The minimum atomic E-state index is -3.81. The second-order valence-corrected chi connectivity index (χ2v) is 8.30. The van der Waals surface area contributed by atoms with Crippen LogP contribution in [0.1, 0.15) is 20.9 Å². The van der Waals surface area contributed by atoms with E-state index in [-0.39, 0.29) is 27.6 Å². The Bertz CT molecular complexity index is 1400. The molecule has 0 unspecified atom stereocenters. The molecule has 1 heterocycles. The molecule has 0 aliphatic rings. The van der Waals surface area contributed by atoms with Crippen molar-refractivity contribution in [3.8, 4) is 0 Å². The van der Waals surface area contributed by atoms with Crippen LogP contribution in [0.15, 0.2) is 88.2 Å². The number of carbonyl (C=O) groups is 2. The number of anilines is 2. The van der Waals surface area contributed by atoms with Crippen molar-refractivity contribution in [2.45, 2.75) is 4.90 Å². The molecule has 0 aliphatic heterocycles. The Hall–Kier alpha value is -4.11. The smallest absolute Gasteiger partial charge is 0.286 e. The lowest BCUT2D eigenvalue weighted by atomic mass is 10.1. The molecule has 0 aliphatic carbocycles. The minimum absolute atomic E-state index is 0.0980. The Morgan fingerprint density at radius 2 is 1.58 bits per heavy atom. The largest absolute Gasteiger partial charge is 0.449 e. The van der Waals surface area contributed by atoms with Crippen LogP contribution in [-0.4, -0.2) is 20.2 Å². The van der Waals surface area contributed by atoms with Crippen LogP contribution in [0.5, 0.6) is 0 Å². The summed E-state index contributed by atoms with van der Waals surface area (Å²) in [6, 6.07) is 20.6. The number of benzene rings is 3. The maximum Gasteiger partial charge on any atom is 0.286 e. The number of rotatable bonds is 6. The molecular weight excluding hydrogens is 418 g/mol. The lowest BCUT2D eigenvalue weighted by molar-refractivity contribution is 0.0977. The summed E-state index contributed by atoms with van der Waals surface area (Å²) in [6.45, 7) is 0. The molecular formula is C22H17N3O5S. The highest BCUT2D eigenvalue weighted by Crippen LogP contribution is 2.31. The second kappa shape index (κ2) is 7.96. The summed E-state index contributed by atoms with van der Waals surface area (Å²) in [5.41, 5.74) is 6.32. The summed E-state index contributed by atoms with van der Waals surface area (Å²) in [7, 11) is -3.81. The SMILES string of the molecule is NC(=O)c1oc2ccccc2c1NC(=O)c1cccc(NS(=O)(=O)c2ccccc2)c1. The predicted molar refractivity (Wildman–Crippen MR) is 116 cm³/mol.